The molecular formula is C10H16N4O2. The molecule has 1 aromatic heterocycles. The number of hydrogen-bond donors (Lipinski definition) is 2. The number of likely N-dealkylation sites (N-methyl/N-ethyl adjacent to an activating group) is 1. The van der Waals surface area contributed by atoms with Crippen LogP contribution in [0.3, 0.4) is 0 Å². The summed E-state index contributed by atoms with van der Waals surface area (Å²) < 4.78 is 5.44. The van der Waals surface area contributed by atoms with Crippen LogP contribution in [-0.4, -0.2) is 46.8 Å². The molecule has 2 heterocycles. The largest absolute Gasteiger partial charge is 0.383 e. The molecule has 3 N–H and O–H groups in total. The lowest BCUT2D eigenvalue weighted by Crippen LogP contribution is -2.41. The van der Waals surface area contributed by atoms with Crippen LogP contribution in [0.25, 0.3) is 0 Å². The first-order valence-corrected chi connectivity index (χ1v) is 5.29. The second kappa shape index (κ2) is 4.13. The van der Waals surface area contributed by atoms with E-state index in [2.05, 4.69) is 10.2 Å². The van der Waals surface area contributed by atoms with E-state index >= 15 is 0 Å². The van der Waals surface area contributed by atoms with Gasteiger partial charge in [0, 0.05) is 13.7 Å². The third-order valence-corrected chi connectivity index (χ3v) is 3.05. The van der Waals surface area contributed by atoms with Crippen molar-refractivity contribution < 1.29 is 9.53 Å². The van der Waals surface area contributed by atoms with Gasteiger partial charge in [-0.1, -0.05) is 0 Å². The number of anilines is 1. The summed E-state index contributed by atoms with van der Waals surface area (Å²) in [7, 11) is 1.77. The molecule has 6 nitrogen and oxygen atoms in total. The van der Waals surface area contributed by atoms with Gasteiger partial charge < -0.3 is 15.4 Å². The topological polar surface area (TPSA) is 84.2 Å². The monoisotopic (exact) mass is 224 g/mol. The van der Waals surface area contributed by atoms with Crippen LogP contribution in [0, 0.1) is 0 Å². The van der Waals surface area contributed by atoms with Gasteiger partial charge in [0.25, 0.3) is 5.91 Å². The number of aromatic amines is 1. The smallest absolute Gasteiger partial charge is 0.259 e. The van der Waals surface area contributed by atoms with E-state index in [1.165, 1.54) is 6.20 Å². The van der Waals surface area contributed by atoms with Crippen molar-refractivity contribution in [3.05, 3.63) is 11.8 Å². The Hall–Kier alpha value is -1.56. The third-order valence-electron chi connectivity index (χ3n) is 3.05. The molecule has 1 fully saturated rings. The number of nitrogens with two attached hydrogens (primary N) is 1. The number of rotatable bonds is 2. The minimum absolute atomic E-state index is 0.0714. The lowest BCUT2D eigenvalue weighted by atomic mass is 10.1. The van der Waals surface area contributed by atoms with Crippen molar-refractivity contribution in [2.45, 2.75) is 25.5 Å². The molecule has 1 aromatic rings. The van der Waals surface area contributed by atoms with E-state index in [0.717, 1.165) is 6.42 Å². The highest BCUT2D eigenvalue weighted by Crippen LogP contribution is 2.21. The first kappa shape index (κ1) is 10.9. The Morgan fingerprint density at radius 1 is 1.75 bits per heavy atom. The van der Waals surface area contributed by atoms with Crippen LogP contribution in [0.4, 0.5) is 5.82 Å². The van der Waals surface area contributed by atoms with E-state index in [9.17, 15) is 4.79 Å². The third kappa shape index (κ3) is 1.76. The molecule has 2 rings (SSSR count). The van der Waals surface area contributed by atoms with Crippen LogP contribution in [0.15, 0.2) is 6.20 Å². The SMILES string of the molecule is CC1OCCC1N(C)C(=O)c1cn[nH]c1N. The van der Waals surface area contributed by atoms with Crippen LogP contribution in [0.1, 0.15) is 23.7 Å². The number of amides is 1. The molecule has 1 aliphatic rings. The second-order valence-corrected chi connectivity index (χ2v) is 4.05. The summed E-state index contributed by atoms with van der Waals surface area (Å²) >= 11 is 0. The maximum atomic E-state index is 12.1. The minimum Gasteiger partial charge on any atom is -0.383 e. The zero-order valence-electron chi connectivity index (χ0n) is 9.43. The highest BCUT2D eigenvalue weighted by molar-refractivity contribution is 5.98. The molecule has 0 bridgehead atoms. The van der Waals surface area contributed by atoms with E-state index < -0.39 is 0 Å². The van der Waals surface area contributed by atoms with Gasteiger partial charge in [0.1, 0.15) is 11.4 Å². The summed E-state index contributed by atoms with van der Waals surface area (Å²) in [5.41, 5.74) is 6.03. The standard InChI is InChI=1S/C10H16N4O2/c1-6-8(3-4-16-6)14(2)10(15)7-5-12-13-9(7)11/h5-6,8H,3-4H2,1-2H3,(H3,11,12,13). The molecule has 6 heteroatoms. The number of aromatic nitrogens is 2. The van der Waals surface area contributed by atoms with Gasteiger partial charge in [0.2, 0.25) is 0 Å². The summed E-state index contributed by atoms with van der Waals surface area (Å²) in [5, 5.41) is 6.30. The molecule has 16 heavy (non-hydrogen) atoms. The first-order valence-electron chi connectivity index (χ1n) is 5.29. The minimum atomic E-state index is -0.117. The maximum Gasteiger partial charge on any atom is 0.259 e. The normalized spacial score (nSPS) is 24.6. The molecule has 0 saturated carbocycles. The average Bonchev–Trinajstić information content (AvgIpc) is 2.85. The molecule has 0 aliphatic carbocycles. The number of nitrogens with zero attached hydrogens (tertiary/aromatic N) is 2. The summed E-state index contributed by atoms with van der Waals surface area (Å²) in [6.07, 6.45) is 2.39. The molecule has 1 amide bonds. The van der Waals surface area contributed by atoms with Gasteiger partial charge in [-0.25, -0.2) is 0 Å². The fourth-order valence-corrected chi connectivity index (χ4v) is 2.04. The number of hydrogen-bond acceptors (Lipinski definition) is 4. The molecule has 2 atom stereocenters. The second-order valence-electron chi connectivity index (χ2n) is 4.05. The molecule has 0 spiro atoms. The average molecular weight is 224 g/mol. The fraction of sp³-hybridized carbons (Fsp3) is 0.600. The van der Waals surface area contributed by atoms with Crippen molar-refractivity contribution in [2.24, 2.45) is 0 Å². The van der Waals surface area contributed by atoms with Crippen molar-refractivity contribution in [1.82, 2.24) is 15.1 Å². The van der Waals surface area contributed by atoms with Crippen molar-refractivity contribution in [1.29, 1.82) is 0 Å². The zero-order valence-corrected chi connectivity index (χ0v) is 9.43. The lowest BCUT2D eigenvalue weighted by molar-refractivity contribution is 0.0575. The van der Waals surface area contributed by atoms with E-state index in [4.69, 9.17) is 10.5 Å². The summed E-state index contributed by atoms with van der Waals surface area (Å²) in [6.45, 7) is 2.67. The Kier molecular flexibility index (Phi) is 2.82. The molecule has 2 unspecified atom stereocenters. The van der Waals surface area contributed by atoms with E-state index in [1.807, 2.05) is 6.92 Å². The Bertz CT molecular complexity index is 390. The molecule has 0 aromatic carbocycles. The van der Waals surface area contributed by atoms with Crippen molar-refractivity contribution in [3.8, 4) is 0 Å². The summed E-state index contributed by atoms with van der Waals surface area (Å²) in [6, 6.07) is 0.113. The maximum absolute atomic E-state index is 12.1. The molecule has 88 valence electrons. The van der Waals surface area contributed by atoms with Gasteiger partial charge in [0.15, 0.2) is 0 Å². The first-order chi connectivity index (χ1) is 7.61. The molecule has 1 saturated heterocycles. The number of nitrogen functional groups attached to an aromatic ring is 1. The predicted octanol–water partition coefficient (Wildman–Crippen LogP) is 0.241. The van der Waals surface area contributed by atoms with Crippen LogP contribution in [-0.2, 0) is 4.74 Å². The Balaban J connectivity index is 2.13. The quantitative estimate of drug-likeness (QED) is 0.753. The highest BCUT2D eigenvalue weighted by Gasteiger charge is 2.31. The number of H-pyrrole nitrogens is 1. The molecular weight excluding hydrogens is 208 g/mol. The zero-order chi connectivity index (χ0) is 11.7. The number of carbonyl (C=O) groups excluding carboxylic acids is 1. The van der Waals surface area contributed by atoms with Crippen LogP contribution >= 0.6 is 0 Å². The summed E-state index contributed by atoms with van der Waals surface area (Å²) in [5.74, 6) is 0.192. The molecule has 0 radical (unpaired) electrons. The number of carbonyl (C=O) groups is 1. The fourth-order valence-electron chi connectivity index (χ4n) is 2.04. The Labute approximate surface area is 93.8 Å². The predicted molar refractivity (Wildman–Crippen MR) is 58.9 cm³/mol. The van der Waals surface area contributed by atoms with Crippen molar-refractivity contribution in [2.75, 3.05) is 19.4 Å². The van der Waals surface area contributed by atoms with Crippen molar-refractivity contribution in [3.63, 3.8) is 0 Å². The van der Waals surface area contributed by atoms with Gasteiger partial charge in [-0.3, -0.25) is 9.89 Å². The van der Waals surface area contributed by atoms with Gasteiger partial charge in [-0.2, -0.15) is 5.10 Å². The number of ether oxygens (including phenoxy) is 1. The van der Waals surface area contributed by atoms with Crippen LogP contribution < -0.4 is 5.73 Å². The lowest BCUT2D eigenvalue weighted by Gasteiger charge is -2.26. The van der Waals surface area contributed by atoms with Crippen LogP contribution in [0.5, 0.6) is 0 Å². The van der Waals surface area contributed by atoms with E-state index in [-0.39, 0.29) is 18.1 Å². The van der Waals surface area contributed by atoms with Gasteiger partial charge >= 0.3 is 0 Å². The van der Waals surface area contributed by atoms with E-state index in [0.29, 0.717) is 18.0 Å². The van der Waals surface area contributed by atoms with Crippen LogP contribution in [0.2, 0.25) is 0 Å². The van der Waals surface area contributed by atoms with Gasteiger partial charge in [-0.15, -0.1) is 0 Å². The van der Waals surface area contributed by atoms with Gasteiger partial charge in [0.05, 0.1) is 18.3 Å². The molecule has 1 aliphatic heterocycles. The highest BCUT2D eigenvalue weighted by atomic mass is 16.5. The summed E-state index contributed by atoms with van der Waals surface area (Å²) in [4.78, 5) is 13.8. The number of nitrogens with one attached hydrogen (secondary N) is 1. The Morgan fingerprint density at radius 3 is 3.00 bits per heavy atom. The van der Waals surface area contributed by atoms with Gasteiger partial charge in [-0.05, 0) is 13.3 Å². The van der Waals surface area contributed by atoms with Crippen molar-refractivity contribution >= 4 is 11.7 Å². The Morgan fingerprint density at radius 2 is 2.50 bits per heavy atom. The van der Waals surface area contributed by atoms with E-state index in [1.54, 1.807) is 11.9 Å².